The standard InChI is InChI=1S/C20H28N2O6S/c1-3-21(16-8-10-29(26,27)11-9-16)18-7-6-15(12-19(18)22(24)25)17(14-4-5-14)13-20(23)28-2/h6-7,12,14,16-17H,3-5,8-11,13H2,1-2H3. The van der Waals surface area contributed by atoms with Crippen molar-refractivity contribution in [1.82, 2.24) is 0 Å². The Labute approximate surface area is 171 Å². The van der Waals surface area contributed by atoms with Crippen molar-refractivity contribution < 1.29 is 22.9 Å². The van der Waals surface area contributed by atoms with Crippen LogP contribution in [-0.2, 0) is 19.4 Å². The second-order valence-corrected chi connectivity index (χ2v) is 10.2. The quantitative estimate of drug-likeness (QED) is 0.359. The molecule has 0 N–H and O–H groups in total. The molecule has 0 bridgehead atoms. The van der Waals surface area contributed by atoms with E-state index >= 15 is 0 Å². The summed E-state index contributed by atoms with van der Waals surface area (Å²) in [5, 5.41) is 11.9. The van der Waals surface area contributed by atoms with Gasteiger partial charge in [0.1, 0.15) is 15.5 Å². The summed E-state index contributed by atoms with van der Waals surface area (Å²) in [6.45, 7) is 2.48. The molecular formula is C20H28N2O6S. The molecule has 0 aromatic heterocycles. The van der Waals surface area contributed by atoms with E-state index in [0.717, 1.165) is 18.4 Å². The van der Waals surface area contributed by atoms with Gasteiger partial charge in [0.25, 0.3) is 5.69 Å². The molecule has 1 aliphatic carbocycles. The average molecular weight is 425 g/mol. The van der Waals surface area contributed by atoms with Gasteiger partial charge in [-0.15, -0.1) is 0 Å². The van der Waals surface area contributed by atoms with E-state index < -0.39 is 9.84 Å². The first kappa shape index (κ1) is 21.5. The van der Waals surface area contributed by atoms with Crippen molar-refractivity contribution in [3.8, 4) is 0 Å². The monoisotopic (exact) mass is 424 g/mol. The van der Waals surface area contributed by atoms with Crippen LogP contribution in [0.1, 0.15) is 50.5 Å². The fourth-order valence-corrected chi connectivity index (χ4v) is 5.76. The Morgan fingerprint density at radius 1 is 1.28 bits per heavy atom. The molecular weight excluding hydrogens is 396 g/mol. The van der Waals surface area contributed by atoms with Gasteiger partial charge in [0.05, 0.1) is 30.0 Å². The third-order valence-corrected chi connectivity index (χ3v) is 7.76. The van der Waals surface area contributed by atoms with E-state index in [0.29, 0.717) is 31.0 Å². The normalized spacial score (nSPS) is 20.1. The number of hydrogen-bond acceptors (Lipinski definition) is 7. The largest absolute Gasteiger partial charge is 0.469 e. The Kier molecular flexibility index (Phi) is 6.45. The lowest BCUT2D eigenvalue weighted by atomic mass is 9.90. The van der Waals surface area contributed by atoms with Gasteiger partial charge < -0.3 is 9.64 Å². The van der Waals surface area contributed by atoms with Gasteiger partial charge in [-0.1, -0.05) is 6.07 Å². The van der Waals surface area contributed by atoms with Crippen molar-refractivity contribution in [2.45, 2.75) is 51.0 Å². The first-order valence-corrected chi connectivity index (χ1v) is 11.9. The molecule has 8 nitrogen and oxygen atoms in total. The number of carbonyl (C=O) groups is 1. The molecule has 2 aliphatic rings. The summed E-state index contributed by atoms with van der Waals surface area (Å²) in [4.78, 5) is 25.2. The fourth-order valence-electron chi connectivity index (χ4n) is 4.29. The zero-order valence-corrected chi connectivity index (χ0v) is 17.7. The van der Waals surface area contributed by atoms with Crippen LogP contribution in [0.5, 0.6) is 0 Å². The summed E-state index contributed by atoms with van der Waals surface area (Å²) in [7, 11) is -1.66. The molecule has 0 amide bonds. The lowest BCUT2D eigenvalue weighted by Gasteiger charge is -2.35. The van der Waals surface area contributed by atoms with Crippen LogP contribution < -0.4 is 4.90 Å². The number of benzene rings is 1. The van der Waals surface area contributed by atoms with Gasteiger partial charge in [-0.3, -0.25) is 14.9 Å². The van der Waals surface area contributed by atoms with Crippen molar-refractivity contribution in [3.63, 3.8) is 0 Å². The Morgan fingerprint density at radius 2 is 1.93 bits per heavy atom. The van der Waals surface area contributed by atoms with Crippen molar-refractivity contribution in [2.24, 2.45) is 5.92 Å². The lowest BCUT2D eigenvalue weighted by Crippen LogP contribution is -2.41. The molecule has 1 saturated carbocycles. The molecule has 29 heavy (non-hydrogen) atoms. The summed E-state index contributed by atoms with van der Waals surface area (Å²) in [6, 6.07) is 5.18. The molecule has 160 valence electrons. The predicted molar refractivity (Wildman–Crippen MR) is 110 cm³/mol. The molecule has 0 spiro atoms. The Bertz CT molecular complexity index is 867. The van der Waals surface area contributed by atoms with Crippen LogP contribution in [0.15, 0.2) is 18.2 Å². The zero-order valence-electron chi connectivity index (χ0n) is 16.9. The van der Waals surface area contributed by atoms with Crippen LogP contribution in [0.4, 0.5) is 11.4 Å². The topological polar surface area (TPSA) is 107 Å². The highest BCUT2D eigenvalue weighted by atomic mass is 32.2. The summed E-state index contributed by atoms with van der Waals surface area (Å²) < 4.78 is 28.3. The number of esters is 1. The van der Waals surface area contributed by atoms with Crippen LogP contribution in [-0.4, -0.2) is 50.5 Å². The minimum absolute atomic E-state index is 0.00768. The second kappa shape index (κ2) is 8.69. The van der Waals surface area contributed by atoms with Crippen LogP contribution in [0.2, 0.25) is 0 Å². The van der Waals surface area contributed by atoms with Gasteiger partial charge in [-0.25, -0.2) is 8.42 Å². The number of nitro groups is 1. The average Bonchev–Trinajstić information content (AvgIpc) is 3.52. The van der Waals surface area contributed by atoms with Gasteiger partial charge in [0, 0.05) is 18.7 Å². The first-order valence-electron chi connectivity index (χ1n) is 10.1. The van der Waals surface area contributed by atoms with Crippen molar-refractivity contribution >= 4 is 27.2 Å². The molecule has 2 fully saturated rings. The number of methoxy groups -OCH3 is 1. The summed E-state index contributed by atoms with van der Waals surface area (Å²) in [5.74, 6) is 0.189. The van der Waals surface area contributed by atoms with Gasteiger partial charge >= 0.3 is 5.97 Å². The maximum absolute atomic E-state index is 11.9. The Morgan fingerprint density at radius 3 is 2.45 bits per heavy atom. The second-order valence-electron chi connectivity index (χ2n) is 7.90. The van der Waals surface area contributed by atoms with Crippen LogP contribution >= 0.6 is 0 Å². The highest BCUT2D eigenvalue weighted by Crippen LogP contribution is 2.46. The van der Waals surface area contributed by atoms with Crippen molar-refractivity contribution in [2.75, 3.05) is 30.1 Å². The molecule has 1 atom stereocenters. The van der Waals surface area contributed by atoms with E-state index in [1.165, 1.54) is 7.11 Å². The molecule has 1 aliphatic heterocycles. The van der Waals surface area contributed by atoms with E-state index in [-0.39, 0.29) is 46.5 Å². The highest BCUT2D eigenvalue weighted by Gasteiger charge is 2.36. The predicted octanol–water partition coefficient (Wildman–Crippen LogP) is 3.06. The lowest BCUT2D eigenvalue weighted by molar-refractivity contribution is -0.384. The summed E-state index contributed by atoms with van der Waals surface area (Å²) in [5.41, 5.74) is 1.31. The molecule has 1 saturated heterocycles. The van der Waals surface area contributed by atoms with Gasteiger partial charge in [0.15, 0.2) is 0 Å². The minimum Gasteiger partial charge on any atom is -0.469 e. The number of nitrogens with zero attached hydrogens (tertiary/aromatic N) is 2. The van der Waals surface area contributed by atoms with E-state index in [9.17, 15) is 23.3 Å². The number of sulfone groups is 1. The molecule has 1 aromatic rings. The van der Waals surface area contributed by atoms with Gasteiger partial charge in [-0.05, 0) is 56.1 Å². The van der Waals surface area contributed by atoms with E-state index in [1.807, 2.05) is 17.9 Å². The number of nitro benzene ring substituents is 1. The molecule has 1 aromatic carbocycles. The Balaban J connectivity index is 1.90. The van der Waals surface area contributed by atoms with Crippen molar-refractivity contribution in [3.05, 3.63) is 33.9 Å². The number of rotatable bonds is 8. The summed E-state index contributed by atoms with van der Waals surface area (Å²) >= 11 is 0. The molecule has 0 radical (unpaired) electrons. The number of anilines is 1. The SMILES string of the molecule is CCN(c1ccc(C(CC(=O)OC)C2CC2)cc1[N+](=O)[O-])C1CCS(=O)(=O)CC1. The number of carbonyl (C=O) groups excluding carboxylic acids is 1. The van der Waals surface area contributed by atoms with Crippen molar-refractivity contribution in [1.29, 1.82) is 0 Å². The van der Waals surface area contributed by atoms with Crippen LogP contribution in [0.25, 0.3) is 0 Å². The minimum atomic E-state index is -3.01. The smallest absolute Gasteiger partial charge is 0.306 e. The fraction of sp³-hybridized carbons (Fsp3) is 0.650. The first-order chi connectivity index (χ1) is 13.8. The maximum Gasteiger partial charge on any atom is 0.306 e. The highest BCUT2D eigenvalue weighted by molar-refractivity contribution is 7.91. The zero-order chi connectivity index (χ0) is 21.2. The van der Waals surface area contributed by atoms with E-state index in [2.05, 4.69) is 0 Å². The third kappa shape index (κ3) is 5.07. The Hall–Kier alpha value is -2.16. The molecule has 1 unspecified atom stereocenters. The number of ether oxygens (including phenoxy) is 1. The maximum atomic E-state index is 11.9. The van der Waals surface area contributed by atoms with Gasteiger partial charge in [0.2, 0.25) is 0 Å². The molecule has 9 heteroatoms. The van der Waals surface area contributed by atoms with Crippen LogP contribution in [0, 0.1) is 16.0 Å². The van der Waals surface area contributed by atoms with Gasteiger partial charge in [-0.2, -0.15) is 0 Å². The van der Waals surface area contributed by atoms with E-state index in [4.69, 9.17) is 4.74 Å². The summed E-state index contributed by atoms with van der Waals surface area (Å²) in [6.07, 6.45) is 3.18. The van der Waals surface area contributed by atoms with E-state index in [1.54, 1.807) is 12.1 Å². The van der Waals surface area contributed by atoms with Crippen LogP contribution in [0.3, 0.4) is 0 Å². The number of hydrogen-bond donors (Lipinski definition) is 0. The molecule has 1 heterocycles. The molecule has 3 rings (SSSR count). The third-order valence-electron chi connectivity index (χ3n) is 6.04.